The Labute approximate surface area is 142 Å². The zero-order valence-corrected chi connectivity index (χ0v) is 13.8. The van der Waals surface area contributed by atoms with Gasteiger partial charge in [-0.15, -0.1) is 0 Å². The lowest BCUT2D eigenvalue weighted by atomic mass is 9.84. The number of hydrogen-bond donors (Lipinski definition) is 7. The van der Waals surface area contributed by atoms with Crippen molar-refractivity contribution in [1.29, 1.82) is 0 Å². The minimum atomic E-state index is -4.94. The van der Waals surface area contributed by atoms with E-state index < -0.39 is 36.7 Å². The van der Waals surface area contributed by atoms with Crippen LogP contribution in [-0.2, 0) is 11.0 Å². The molecule has 0 radical (unpaired) electrons. The SMILES string of the molecule is O=P(O)(O)/N=C1\C=C(O)C=C(O)C1C(O)(O)CCc1cccc(O)c1. The average molecular weight is 371 g/mol. The second kappa shape index (κ2) is 6.99. The Kier molecular flexibility index (Phi) is 5.36. The molecule has 0 heterocycles. The van der Waals surface area contributed by atoms with Crippen LogP contribution in [0.4, 0.5) is 0 Å². The van der Waals surface area contributed by atoms with Gasteiger partial charge in [0.25, 0.3) is 0 Å². The molecule has 7 N–H and O–H groups in total. The van der Waals surface area contributed by atoms with Crippen LogP contribution in [-0.4, -0.2) is 46.8 Å². The monoisotopic (exact) mass is 371 g/mol. The molecule has 0 saturated heterocycles. The number of benzene rings is 1. The fraction of sp³-hybridized carbons (Fsp3) is 0.267. The standard InChI is InChI=1S/C15H18NO8P/c17-10-3-1-2-9(6-10)4-5-15(20,21)14-12(16-25(22,23)24)7-11(18)8-13(14)19/h1-3,6-8,14,17-21H,4-5H2,(H2,22,23,24)/b16-12+. The number of phenolic OH excluding ortho intramolecular Hbond substituents is 1. The van der Waals surface area contributed by atoms with Crippen molar-refractivity contribution in [2.24, 2.45) is 10.7 Å². The molecule has 0 aromatic heterocycles. The molecule has 1 aromatic carbocycles. The molecule has 1 aliphatic rings. The number of aromatic hydroxyl groups is 1. The van der Waals surface area contributed by atoms with Gasteiger partial charge in [-0.3, -0.25) is 0 Å². The molecule has 0 amide bonds. The van der Waals surface area contributed by atoms with E-state index in [1.54, 1.807) is 12.1 Å². The summed E-state index contributed by atoms with van der Waals surface area (Å²) in [6, 6.07) is 6.08. The van der Waals surface area contributed by atoms with Crippen molar-refractivity contribution in [2.75, 3.05) is 0 Å². The van der Waals surface area contributed by atoms with E-state index in [0.29, 0.717) is 5.56 Å². The number of aryl methyl sites for hydroxylation is 1. The minimum Gasteiger partial charge on any atom is -0.511 e. The molecule has 1 unspecified atom stereocenters. The van der Waals surface area contributed by atoms with Crippen LogP contribution >= 0.6 is 7.75 Å². The van der Waals surface area contributed by atoms with Crippen molar-refractivity contribution in [2.45, 2.75) is 18.6 Å². The molecule has 1 aliphatic carbocycles. The van der Waals surface area contributed by atoms with E-state index in [9.17, 15) is 30.1 Å². The fourth-order valence-corrected chi connectivity index (χ4v) is 3.03. The van der Waals surface area contributed by atoms with Crippen LogP contribution in [0.5, 0.6) is 5.75 Å². The molecule has 2 rings (SSSR count). The number of aliphatic hydroxyl groups excluding tert-OH is 2. The van der Waals surface area contributed by atoms with Gasteiger partial charge in [-0.2, -0.15) is 4.76 Å². The number of hydrogen-bond acceptors (Lipinski definition) is 6. The Bertz CT molecular complexity index is 792. The summed E-state index contributed by atoms with van der Waals surface area (Å²) in [6.07, 6.45) is 1.41. The van der Waals surface area contributed by atoms with Crippen molar-refractivity contribution in [3.05, 3.63) is 53.5 Å². The molecule has 0 aliphatic heterocycles. The number of aliphatic hydroxyl groups is 4. The van der Waals surface area contributed by atoms with E-state index in [-0.39, 0.29) is 18.6 Å². The van der Waals surface area contributed by atoms with Gasteiger partial charge in [-0.25, -0.2) is 4.57 Å². The van der Waals surface area contributed by atoms with Gasteiger partial charge in [0.05, 0.1) is 5.71 Å². The lowest BCUT2D eigenvalue weighted by molar-refractivity contribution is -0.185. The molecule has 1 atom stereocenters. The molecule has 1 aromatic rings. The van der Waals surface area contributed by atoms with Crippen molar-refractivity contribution >= 4 is 13.5 Å². The third kappa shape index (κ3) is 5.15. The quantitative estimate of drug-likeness (QED) is 0.297. The van der Waals surface area contributed by atoms with E-state index in [1.165, 1.54) is 12.1 Å². The normalized spacial score (nSPS) is 20.3. The van der Waals surface area contributed by atoms with E-state index in [1.807, 2.05) is 0 Å². The maximum atomic E-state index is 11.1. The van der Waals surface area contributed by atoms with Crippen molar-refractivity contribution in [1.82, 2.24) is 0 Å². The Morgan fingerprint density at radius 1 is 1.12 bits per heavy atom. The maximum Gasteiger partial charge on any atom is 0.448 e. The lowest BCUT2D eigenvalue weighted by Crippen LogP contribution is -2.44. The van der Waals surface area contributed by atoms with Crippen LogP contribution in [0.1, 0.15) is 12.0 Å². The largest absolute Gasteiger partial charge is 0.511 e. The molecule has 0 fully saturated rings. The van der Waals surface area contributed by atoms with Crippen molar-refractivity contribution in [3.8, 4) is 5.75 Å². The maximum absolute atomic E-state index is 11.1. The first-order valence-corrected chi connectivity index (χ1v) is 8.74. The van der Waals surface area contributed by atoms with Gasteiger partial charge in [0, 0.05) is 18.6 Å². The highest BCUT2D eigenvalue weighted by Gasteiger charge is 2.42. The summed E-state index contributed by atoms with van der Waals surface area (Å²) in [4.78, 5) is 18.0. The van der Waals surface area contributed by atoms with Crippen LogP contribution in [0, 0.1) is 5.92 Å². The smallest absolute Gasteiger partial charge is 0.448 e. The van der Waals surface area contributed by atoms with Crippen LogP contribution < -0.4 is 0 Å². The molecule has 10 heteroatoms. The Morgan fingerprint density at radius 3 is 2.40 bits per heavy atom. The average Bonchev–Trinajstić information content (AvgIpc) is 2.42. The molecule has 25 heavy (non-hydrogen) atoms. The highest BCUT2D eigenvalue weighted by Crippen LogP contribution is 2.40. The van der Waals surface area contributed by atoms with Crippen LogP contribution in [0.15, 0.2) is 52.7 Å². The highest BCUT2D eigenvalue weighted by molar-refractivity contribution is 7.50. The second-order valence-corrected chi connectivity index (χ2v) is 6.88. The summed E-state index contributed by atoms with van der Waals surface area (Å²) in [5, 5.41) is 49.5. The summed E-state index contributed by atoms with van der Waals surface area (Å²) in [5.41, 5.74) is 0.0189. The third-order valence-electron chi connectivity index (χ3n) is 3.58. The first kappa shape index (κ1) is 19.2. The zero-order chi connectivity index (χ0) is 18.8. The van der Waals surface area contributed by atoms with Crippen LogP contribution in [0.2, 0.25) is 0 Å². The summed E-state index contributed by atoms with van der Waals surface area (Å²) in [7, 11) is -4.94. The minimum absolute atomic E-state index is 0.00371. The van der Waals surface area contributed by atoms with Gasteiger partial charge in [-0.05, 0) is 24.1 Å². The summed E-state index contributed by atoms with van der Waals surface area (Å²) < 4.78 is 14.2. The summed E-state index contributed by atoms with van der Waals surface area (Å²) in [5.74, 6) is -5.51. The summed E-state index contributed by atoms with van der Waals surface area (Å²) >= 11 is 0. The van der Waals surface area contributed by atoms with Gasteiger partial charge in [0.2, 0.25) is 0 Å². The van der Waals surface area contributed by atoms with E-state index in [0.717, 1.165) is 12.2 Å². The molecule has 0 bridgehead atoms. The van der Waals surface area contributed by atoms with Gasteiger partial charge >= 0.3 is 7.75 Å². The number of rotatable bonds is 5. The molecular formula is C15H18NO8P. The van der Waals surface area contributed by atoms with Gasteiger partial charge < -0.3 is 35.3 Å². The Balaban J connectivity index is 2.29. The number of nitrogens with zero attached hydrogens (tertiary/aromatic N) is 1. The summed E-state index contributed by atoms with van der Waals surface area (Å²) in [6.45, 7) is 0. The number of allylic oxidation sites excluding steroid dienone is 2. The van der Waals surface area contributed by atoms with E-state index in [2.05, 4.69) is 4.76 Å². The predicted octanol–water partition coefficient (Wildman–Crippen LogP) is 1.05. The van der Waals surface area contributed by atoms with Crippen molar-refractivity contribution in [3.63, 3.8) is 0 Å². The Morgan fingerprint density at radius 2 is 1.80 bits per heavy atom. The lowest BCUT2D eigenvalue weighted by Gasteiger charge is -2.32. The van der Waals surface area contributed by atoms with Crippen molar-refractivity contribution < 1.29 is 39.9 Å². The van der Waals surface area contributed by atoms with E-state index >= 15 is 0 Å². The molecule has 0 spiro atoms. The van der Waals surface area contributed by atoms with Crippen LogP contribution in [0.3, 0.4) is 0 Å². The first-order valence-electron chi connectivity index (χ1n) is 7.17. The predicted molar refractivity (Wildman–Crippen MR) is 88.0 cm³/mol. The second-order valence-electron chi connectivity index (χ2n) is 5.66. The number of phenols is 1. The van der Waals surface area contributed by atoms with Crippen LogP contribution in [0.25, 0.3) is 0 Å². The first-order chi connectivity index (χ1) is 11.5. The molecule has 136 valence electrons. The molecule has 9 nitrogen and oxygen atoms in total. The Hall–Kier alpha value is -2.16. The van der Waals surface area contributed by atoms with Gasteiger partial charge in [0.1, 0.15) is 23.2 Å². The highest BCUT2D eigenvalue weighted by atomic mass is 31.2. The van der Waals surface area contributed by atoms with Gasteiger partial charge in [-0.1, -0.05) is 12.1 Å². The molecule has 0 saturated carbocycles. The fourth-order valence-electron chi connectivity index (χ4n) is 2.56. The van der Waals surface area contributed by atoms with Gasteiger partial charge in [0.15, 0.2) is 5.79 Å². The third-order valence-corrected chi connectivity index (χ3v) is 4.07. The zero-order valence-electron chi connectivity index (χ0n) is 12.9. The topological polar surface area (TPSA) is 171 Å². The molecular weight excluding hydrogens is 353 g/mol. The van der Waals surface area contributed by atoms with E-state index in [4.69, 9.17) is 9.79 Å².